The molecule has 184 valence electrons. The van der Waals surface area contributed by atoms with Crippen LogP contribution in [0.5, 0.6) is 5.75 Å². The Kier molecular flexibility index (Phi) is 22.9. The number of hydrogen-bond acceptors (Lipinski definition) is 6. The number of carbonyl (C=O) groups excluding carboxylic acids is 2. The number of likely N-dealkylation sites (tertiary alicyclic amines) is 1. The monoisotopic (exact) mass is 527 g/mol. The van der Waals surface area contributed by atoms with E-state index in [-0.39, 0.29) is 6.54 Å². The number of halogens is 1. The van der Waals surface area contributed by atoms with Gasteiger partial charge in [0.1, 0.15) is 22.9 Å². The van der Waals surface area contributed by atoms with Crippen LogP contribution in [0.2, 0.25) is 0 Å². The summed E-state index contributed by atoms with van der Waals surface area (Å²) in [6.07, 6.45) is 18.1. The van der Waals surface area contributed by atoms with Gasteiger partial charge in [0.25, 0.3) is 0 Å². The lowest BCUT2D eigenvalue weighted by Crippen LogP contribution is -2.45. The van der Waals surface area contributed by atoms with Crippen LogP contribution in [0.25, 0.3) is 0 Å². The van der Waals surface area contributed by atoms with Crippen LogP contribution in [0, 0.1) is 31.6 Å². The highest BCUT2D eigenvalue weighted by atomic mass is 79.9. The fourth-order valence-corrected chi connectivity index (χ4v) is 2.50. The summed E-state index contributed by atoms with van der Waals surface area (Å²) in [7, 11) is 2.82. The molecule has 1 saturated heterocycles. The summed E-state index contributed by atoms with van der Waals surface area (Å²) in [4.78, 5) is 38.3. The molecule has 2 amide bonds. The van der Waals surface area contributed by atoms with Crippen LogP contribution in [-0.2, 0) is 14.3 Å². The summed E-state index contributed by atoms with van der Waals surface area (Å²) < 4.78 is 10.0. The summed E-state index contributed by atoms with van der Waals surface area (Å²) in [6, 6.07) is 2.83. The first-order valence-corrected chi connectivity index (χ1v) is 10.6. The highest BCUT2D eigenvalue weighted by molar-refractivity contribution is 9.10. The predicted octanol–water partition coefficient (Wildman–Crippen LogP) is 3.43. The van der Waals surface area contributed by atoms with Gasteiger partial charge in [-0.25, -0.2) is 14.6 Å². The zero-order chi connectivity index (χ0) is 26.4. The minimum absolute atomic E-state index is 0.240. The van der Waals surface area contributed by atoms with Gasteiger partial charge in [-0.3, -0.25) is 4.79 Å². The molecular weight excluding hydrogens is 494 g/mol. The fraction of sp³-hybridized carbons (Fsp3) is 0.478. The molecule has 0 unspecified atom stereocenters. The van der Waals surface area contributed by atoms with E-state index in [9.17, 15) is 14.4 Å². The van der Waals surface area contributed by atoms with E-state index in [2.05, 4.69) is 77.4 Å². The number of ether oxygens (including phenoxy) is 2. The third kappa shape index (κ3) is 18.1. The van der Waals surface area contributed by atoms with Crippen LogP contribution < -0.4 is 10.1 Å². The van der Waals surface area contributed by atoms with E-state index < -0.39 is 24.0 Å². The SMILES string of the molecule is C#C.C#C.CC(C)C.COC(=O)NCC(=O)N1CCC[C@H]1C(=O)O.COc1ccnc(Br)c1. The summed E-state index contributed by atoms with van der Waals surface area (Å²) in [5.41, 5.74) is 0. The molecule has 1 atom stereocenters. The topological polar surface area (TPSA) is 118 Å². The number of hydrogen-bond donors (Lipinski definition) is 2. The smallest absolute Gasteiger partial charge is 0.407 e. The first kappa shape index (κ1) is 34.4. The number of methoxy groups -OCH3 is 2. The van der Waals surface area contributed by atoms with Gasteiger partial charge in [0.05, 0.1) is 14.2 Å². The van der Waals surface area contributed by atoms with Gasteiger partial charge in [0.15, 0.2) is 0 Å². The van der Waals surface area contributed by atoms with Crippen LogP contribution in [-0.4, -0.2) is 66.3 Å². The Hall–Kier alpha value is -3.24. The molecule has 10 heteroatoms. The number of rotatable bonds is 4. The number of carboxylic acid groups (broad SMARTS) is 1. The first-order chi connectivity index (χ1) is 15.6. The van der Waals surface area contributed by atoms with Gasteiger partial charge in [-0.1, -0.05) is 20.8 Å². The highest BCUT2D eigenvalue weighted by Crippen LogP contribution is 2.17. The van der Waals surface area contributed by atoms with Gasteiger partial charge in [-0.05, 0) is 40.8 Å². The zero-order valence-corrected chi connectivity index (χ0v) is 21.4. The molecule has 2 heterocycles. The lowest BCUT2D eigenvalue weighted by Gasteiger charge is -2.21. The summed E-state index contributed by atoms with van der Waals surface area (Å²) in [5, 5.41) is 11.1. The molecule has 33 heavy (non-hydrogen) atoms. The average Bonchev–Trinajstić information content (AvgIpc) is 3.30. The molecule has 0 radical (unpaired) electrons. The molecule has 2 N–H and O–H groups in total. The second-order valence-electron chi connectivity index (χ2n) is 6.68. The number of carboxylic acids is 1. The maximum absolute atomic E-state index is 11.6. The van der Waals surface area contributed by atoms with E-state index in [1.807, 2.05) is 0 Å². The van der Waals surface area contributed by atoms with Crippen molar-refractivity contribution in [2.45, 2.75) is 39.7 Å². The molecular formula is C23H34BrN3O6. The molecule has 0 aliphatic carbocycles. The van der Waals surface area contributed by atoms with Crippen LogP contribution >= 0.6 is 15.9 Å². The summed E-state index contributed by atoms with van der Waals surface area (Å²) in [5.74, 6) is 0.232. The van der Waals surface area contributed by atoms with Crippen molar-refractivity contribution < 1.29 is 29.0 Å². The predicted molar refractivity (Wildman–Crippen MR) is 132 cm³/mol. The van der Waals surface area contributed by atoms with Gasteiger partial charge >= 0.3 is 12.1 Å². The summed E-state index contributed by atoms with van der Waals surface area (Å²) >= 11 is 3.21. The fourth-order valence-electron chi connectivity index (χ4n) is 2.16. The number of alkyl carbamates (subject to hydrolysis) is 1. The van der Waals surface area contributed by atoms with Gasteiger partial charge in [-0.2, -0.15) is 0 Å². The second-order valence-corrected chi connectivity index (χ2v) is 7.49. The third-order valence-corrected chi connectivity index (χ3v) is 3.79. The van der Waals surface area contributed by atoms with E-state index >= 15 is 0 Å². The molecule has 9 nitrogen and oxygen atoms in total. The van der Waals surface area contributed by atoms with Gasteiger partial charge < -0.3 is 24.8 Å². The number of aromatic nitrogens is 1. The largest absolute Gasteiger partial charge is 0.497 e. The van der Waals surface area contributed by atoms with E-state index in [0.29, 0.717) is 19.4 Å². The second kappa shape index (κ2) is 22.0. The molecule has 1 aliphatic heterocycles. The van der Waals surface area contributed by atoms with E-state index in [0.717, 1.165) is 16.3 Å². The van der Waals surface area contributed by atoms with Crippen molar-refractivity contribution in [3.8, 4) is 31.4 Å². The minimum Gasteiger partial charge on any atom is -0.497 e. The van der Waals surface area contributed by atoms with Crippen molar-refractivity contribution in [1.29, 1.82) is 0 Å². The molecule has 0 bridgehead atoms. The standard InChI is InChI=1S/C9H14N2O5.C6H6BrNO.C4H10.2C2H2/c1-16-9(15)10-5-7(12)11-4-2-3-6(11)8(13)14;1-9-5-2-3-8-6(7)4-5;1-4(2)3;2*1-2/h6H,2-5H2,1H3,(H,10,15)(H,13,14);2-4H,1H3;4H,1-3H3;2*1-2H/t6-;;;;/m0..../s1. The van der Waals surface area contributed by atoms with Gasteiger partial charge in [-0.15, -0.1) is 25.7 Å². The third-order valence-electron chi connectivity index (χ3n) is 3.36. The molecule has 0 aromatic carbocycles. The van der Waals surface area contributed by atoms with Crippen molar-refractivity contribution in [1.82, 2.24) is 15.2 Å². The Morgan fingerprint density at radius 3 is 2.18 bits per heavy atom. The van der Waals surface area contributed by atoms with E-state index in [1.54, 1.807) is 25.4 Å². The van der Waals surface area contributed by atoms with Crippen molar-refractivity contribution in [2.75, 3.05) is 27.3 Å². The molecule has 0 saturated carbocycles. The first-order valence-electron chi connectivity index (χ1n) is 9.78. The van der Waals surface area contributed by atoms with Crippen molar-refractivity contribution in [3.63, 3.8) is 0 Å². The molecule has 0 spiro atoms. The maximum atomic E-state index is 11.6. The maximum Gasteiger partial charge on any atom is 0.407 e. The molecule has 1 aromatic heterocycles. The lowest BCUT2D eigenvalue weighted by atomic mass is 10.2. The van der Waals surface area contributed by atoms with Gasteiger partial charge in [0.2, 0.25) is 5.91 Å². The number of nitrogens with one attached hydrogen (secondary N) is 1. The Labute approximate surface area is 205 Å². The molecule has 1 aliphatic rings. The van der Waals surface area contributed by atoms with E-state index in [4.69, 9.17) is 9.84 Å². The molecule has 1 aromatic rings. The van der Waals surface area contributed by atoms with Crippen LogP contribution in [0.15, 0.2) is 22.9 Å². The van der Waals surface area contributed by atoms with Crippen molar-refractivity contribution in [2.24, 2.45) is 5.92 Å². The van der Waals surface area contributed by atoms with Crippen molar-refractivity contribution >= 4 is 33.9 Å². The number of amides is 2. The Bertz CT molecular complexity index is 728. The van der Waals surface area contributed by atoms with Crippen LogP contribution in [0.4, 0.5) is 4.79 Å². The Morgan fingerprint density at radius 2 is 1.79 bits per heavy atom. The van der Waals surface area contributed by atoms with Crippen molar-refractivity contribution in [3.05, 3.63) is 22.9 Å². The Morgan fingerprint density at radius 1 is 1.24 bits per heavy atom. The molecule has 2 rings (SSSR count). The lowest BCUT2D eigenvalue weighted by molar-refractivity contribution is -0.147. The number of terminal acetylenes is 2. The number of pyridine rings is 1. The van der Waals surface area contributed by atoms with E-state index in [1.165, 1.54) is 12.0 Å². The highest BCUT2D eigenvalue weighted by Gasteiger charge is 2.33. The zero-order valence-electron chi connectivity index (χ0n) is 19.8. The number of aliphatic carboxylic acids is 1. The van der Waals surface area contributed by atoms with Gasteiger partial charge in [0, 0.05) is 18.8 Å². The number of carbonyl (C=O) groups is 3. The average molecular weight is 528 g/mol. The Balaban J connectivity index is -0.000000445. The van der Waals surface area contributed by atoms with Crippen LogP contribution in [0.1, 0.15) is 33.6 Å². The number of nitrogens with zero attached hydrogens (tertiary/aromatic N) is 2. The quantitative estimate of drug-likeness (QED) is 0.454. The molecule has 1 fully saturated rings. The normalized spacial score (nSPS) is 13.1. The van der Waals surface area contributed by atoms with Crippen LogP contribution in [0.3, 0.4) is 0 Å². The summed E-state index contributed by atoms with van der Waals surface area (Å²) in [6.45, 7) is 6.68. The minimum atomic E-state index is -1.01.